The van der Waals surface area contributed by atoms with Crippen molar-refractivity contribution < 1.29 is 9.90 Å². The molecule has 0 fully saturated rings. The fraction of sp³-hybridized carbons (Fsp3) is 0.267. The van der Waals surface area contributed by atoms with Crippen LogP contribution in [0.3, 0.4) is 0 Å². The van der Waals surface area contributed by atoms with Crippen LogP contribution in [0, 0.1) is 0 Å². The average molecular weight is 395 g/mol. The fourth-order valence-corrected chi connectivity index (χ4v) is 2.57. The maximum atomic E-state index is 12.2. The molecule has 0 saturated carbocycles. The number of hydrazine groups is 1. The Bertz CT molecular complexity index is 712. The molecular weight excluding hydrogens is 376 g/mol. The van der Waals surface area contributed by atoms with Gasteiger partial charge in [0.2, 0.25) is 0 Å². The van der Waals surface area contributed by atoms with Crippen LogP contribution in [0.25, 0.3) is 0 Å². The second kappa shape index (κ2) is 8.46. The number of nitrogens with one attached hydrogen (secondary N) is 2. The van der Waals surface area contributed by atoms with Gasteiger partial charge >= 0.3 is 0 Å². The van der Waals surface area contributed by atoms with E-state index in [0.29, 0.717) is 34.6 Å². The smallest absolute Gasteiger partial charge is 0.270 e. The molecule has 1 aromatic carbocycles. The van der Waals surface area contributed by atoms with Crippen LogP contribution in [0.15, 0.2) is 35.1 Å². The van der Waals surface area contributed by atoms with Crippen LogP contribution in [-0.2, 0) is 0 Å². The molecule has 1 aromatic heterocycles. The highest BCUT2D eigenvalue weighted by Crippen LogP contribution is 2.25. The van der Waals surface area contributed by atoms with Gasteiger partial charge in [-0.05, 0) is 35.0 Å². The molecule has 1 heterocycles. The molecule has 0 unspecified atom stereocenters. The molecule has 0 saturated heterocycles. The van der Waals surface area contributed by atoms with Crippen molar-refractivity contribution >= 4 is 39.2 Å². The van der Waals surface area contributed by atoms with E-state index in [0.717, 1.165) is 0 Å². The van der Waals surface area contributed by atoms with Crippen LogP contribution < -0.4 is 21.5 Å². The van der Waals surface area contributed by atoms with Crippen molar-refractivity contribution in [3.63, 3.8) is 0 Å². The van der Waals surface area contributed by atoms with Crippen molar-refractivity contribution in [1.82, 2.24) is 15.4 Å². The number of anilines is 3. The Morgan fingerprint density at radius 1 is 1.38 bits per heavy atom. The lowest BCUT2D eigenvalue weighted by molar-refractivity contribution is 0.0961. The fourth-order valence-electron chi connectivity index (χ4n) is 2.10. The Balaban J connectivity index is 2.13. The molecule has 24 heavy (non-hydrogen) atoms. The first-order valence-electron chi connectivity index (χ1n) is 7.35. The van der Waals surface area contributed by atoms with Crippen molar-refractivity contribution in [2.75, 3.05) is 35.8 Å². The predicted molar refractivity (Wildman–Crippen MR) is 96.6 cm³/mol. The lowest BCUT2D eigenvalue weighted by Gasteiger charge is -2.23. The molecule has 9 heteroatoms. The number of aromatic nitrogens is 2. The number of hydrogen-bond acceptors (Lipinski definition) is 7. The first-order valence-corrected chi connectivity index (χ1v) is 8.15. The summed E-state index contributed by atoms with van der Waals surface area (Å²) in [5, 5.41) is 9.11. The Kier molecular flexibility index (Phi) is 6.33. The van der Waals surface area contributed by atoms with Crippen LogP contribution in [0.4, 0.5) is 17.3 Å². The van der Waals surface area contributed by atoms with Crippen molar-refractivity contribution in [2.45, 2.75) is 6.92 Å². The molecular formula is C15H19BrN6O2. The molecule has 0 spiro atoms. The van der Waals surface area contributed by atoms with Gasteiger partial charge in [0, 0.05) is 17.6 Å². The van der Waals surface area contributed by atoms with Crippen LogP contribution in [0.2, 0.25) is 0 Å². The number of nitrogens with two attached hydrogens (primary N) is 1. The number of benzene rings is 1. The number of aliphatic hydroxyl groups is 1. The molecule has 2 rings (SSSR count). The molecule has 2 aromatic rings. The molecule has 128 valence electrons. The van der Waals surface area contributed by atoms with E-state index in [1.165, 1.54) is 6.33 Å². The van der Waals surface area contributed by atoms with Crippen molar-refractivity contribution in [3.05, 3.63) is 40.6 Å². The number of nitrogen functional groups attached to an aromatic ring is 1. The number of carbonyl (C=O) groups excluding carboxylic acids is 1. The van der Waals surface area contributed by atoms with Crippen molar-refractivity contribution in [3.8, 4) is 0 Å². The van der Waals surface area contributed by atoms with E-state index in [1.807, 2.05) is 17.9 Å². The van der Waals surface area contributed by atoms with Gasteiger partial charge in [-0.3, -0.25) is 15.6 Å². The molecule has 0 bridgehead atoms. The third-order valence-electron chi connectivity index (χ3n) is 3.33. The molecule has 0 aliphatic carbocycles. The maximum absolute atomic E-state index is 12.2. The van der Waals surface area contributed by atoms with Gasteiger partial charge in [-0.25, -0.2) is 9.97 Å². The third-order valence-corrected chi connectivity index (χ3v) is 4.02. The van der Waals surface area contributed by atoms with Gasteiger partial charge in [0.05, 0.1) is 12.2 Å². The highest BCUT2D eigenvalue weighted by Gasteiger charge is 2.15. The molecule has 5 N–H and O–H groups in total. The van der Waals surface area contributed by atoms with Gasteiger partial charge in [0.1, 0.15) is 12.0 Å². The first-order chi connectivity index (χ1) is 11.6. The van der Waals surface area contributed by atoms with Crippen LogP contribution >= 0.6 is 15.9 Å². The number of likely N-dealkylation sites (N-methyl/N-ethyl adjacent to an activating group) is 1. The van der Waals surface area contributed by atoms with Gasteiger partial charge in [0.25, 0.3) is 5.91 Å². The Morgan fingerprint density at radius 3 is 2.79 bits per heavy atom. The summed E-state index contributed by atoms with van der Waals surface area (Å²) in [7, 11) is 0. The summed E-state index contributed by atoms with van der Waals surface area (Å²) in [6, 6.07) is 7.06. The quantitative estimate of drug-likeness (QED) is 0.524. The summed E-state index contributed by atoms with van der Waals surface area (Å²) in [6.07, 6.45) is 1.35. The van der Waals surface area contributed by atoms with Gasteiger partial charge in [-0.2, -0.15) is 0 Å². The number of amides is 1. The largest absolute Gasteiger partial charge is 0.395 e. The number of carbonyl (C=O) groups is 1. The number of halogens is 1. The lowest BCUT2D eigenvalue weighted by Crippen LogP contribution is -2.32. The Hall–Kier alpha value is -2.39. The van der Waals surface area contributed by atoms with E-state index in [1.54, 1.807) is 18.2 Å². The van der Waals surface area contributed by atoms with Gasteiger partial charge in [0.15, 0.2) is 11.6 Å². The molecule has 0 atom stereocenters. The van der Waals surface area contributed by atoms with E-state index in [9.17, 15) is 4.79 Å². The van der Waals surface area contributed by atoms with Gasteiger partial charge < -0.3 is 15.7 Å². The van der Waals surface area contributed by atoms with E-state index in [-0.39, 0.29) is 18.3 Å². The zero-order valence-corrected chi connectivity index (χ0v) is 14.7. The molecule has 0 aliphatic heterocycles. The minimum atomic E-state index is -0.329. The van der Waals surface area contributed by atoms with Gasteiger partial charge in [-0.15, -0.1) is 0 Å². The SMILES string of the molecule is CCN(CCO)c1ncnc(NNC(=O)c2ccccc2Br)c1N. The van der Waals surface area contributed by atoms with Crippen LogP contribution in [0.1, 0.15) is 17.3 Å². The van der Waals surface area contributed by atoms with E-state index >= 15 is 0 Å². The molecule has 0 radical (unpaired) electrons. The zero-order chi connectivity index (χ0) is 17.5. The first kappa shape index (κ1) is 18.0. The highest BCUT2D eigenvalue weighted by atomic mass is 79.9. The molecule has 8 nitrogen and oxygen atoms in total. The zero-order valence-electron chi connectivity index (χ0n) is 13.2. The lowest BCUT2D eigenvalue weighted by atomic mass is 10.2. The maximum Gasteiger partial charge on any atom is 0.270 e. The minimum Gasteiger partial charge on any atom is -0.395 e. The molecule has 1 amide bonds. The minimum absolute atomic E-state index is 0.0151. The van der Waals surface area contributed by atoms with E-state index in [2.05, 4.69) is 36.7 Å². The summed E-state index contributed by atoms with van der Waals surface area (Å²) in [5.74, 6) is 0.459. The summed E-state index contributed by atoms with van der Waals surface area (Å²) >= 11 is 3.33. The second-order valence-electron chi connectivity index (χ2n) is 4.82. The van der Waals surface area contributed by atoms with Gasteiger partial charge in [-0.1, -0.05) is 12.1 Å². The van der Waals surface area contributed by atoms with E-state index in [4.69, 9.17) is 10.8 Å². The Morgan fingerprint density at radius 2 is 2.12 bits per heavy atom. The van der Waals surface area contributed by atoms with Crippen LogP contribution in [0.5, 0.6) is 0 Å². The number of aliphatic hydroxyl groups excluding tert-OH is 1. The van der Waals surface area contributed by atoms with Crippen molar-refractivity contribution in [2.24, 2.45) is 0 Å². The normalized spacial score (nSPS) is 10.3. The third kappa shape index (κ3) is 4.12. The summed E-state index contributed by atoms with van der Waals surface area (Å²) in [6.45, 7) is 2.95. The predicted octanol–water partition coefficient (Wildman–Crippen LogP) is 1.40. The highest BCUT2D eigenvalue weighted by molar-refractivity contribution is 9.10. The summed E-state index contributed by atoms with van der Waals surface area (Å²) in [5.41, 5.74) is 12.1. The van der Waals surface area contributed by atoms with E-state index < -0.39 is 0 Å². The number of nitrogens with zero attached hydrogens (tertiary/aromatic N) is 3. The summed E-state index contributed by atoms with van der Waals surface area (Å²) < 4.78 is 0.681. The van der Waals surface area contributed by atoms with Crippen molar-refractivity contribution in [1.29, 1.82) is 0 Å². The Labute approximate surface area is 148 Å². The second-order valence-corrected chi connectivity index (χ2v) is 5.68. The number of rotatable bonds is 7. The van der Waals surface area contributed by atoms with Crippen LogP contribution in [-0.4, -0.2) is 40.7 Å². The summed E-state index contributed by atoms with van der Waals surface area (Å²) in [4.78, 5) is 22.2. The number of hydrogen-bond donors (Lipinski definition) is 4. The standard InChI is InChI=1S/C15H19BrN6O2/c1-2-22(7-8-23)14-12(17)13(18-9-19-14)20-21-15(24)10-5-3-4-6-11(10)16/h3-6,9,23H,2,7-8,17H2,1H3,(H,21,24)(H,18,19,20). The molecule has 0 aliphatic rings. The topological polar surface area (TPSA) is 116 Å². The average Bonchev–Trinajstić information content (AvgIpc) is 2.59. The monoisotopic (exact) mass is 394 g/mol.